The first kappa shape index (κ1) is 19.3. The molecule has 3 heterocycles. The molecule has 0 bridgehead atoms. The summed E-state index contributed by atoms with van der Waals surface area (Å²) in [5, 5.41) is 3.96. The highest BCUT2D eigenvalue weighted by Gasteiger charge is 2.10. The fourth-order valence-corrected chi connectivity index (χ4v) is 4.35. The van der Waals surface area contributed by atoms with Crippen LogP contribution in [0.15, 0.2) is 67.0 Å². The van der Waals surface area contributed by atoms with Gasteiger partial charge in [-0.3, -0.25) is 4.79 Å². The smallest absolute Gasteiger partial charge is 0.255 e. The van der Waals surface area contributed by atoms with E-state index in [1.165, 1.54) is 0 Å². The number of anilines is 1. The molecule has 3 aromatic heterocycles. The predicted octanol–water partition coefficient (Wildman–Crippen LogP) is 5.39. The van der Waals surface area contributed by atoms with Gasteiger partial charge >= 0.3 is 0 Å². The van der Waals surface area contributed by atoms with E-state index in [0.29, 0.717) is 17.9 Å². The van der Waals surface area contributed by atoms with Gasteiger partial charge in [-0.15, -0.1) is 11.3 Å². The maximum Gasteiger partial charge on any atom is 0.255 e. The van der Waals surface area contributed by atoms with Crippen molar-refractivity contribution >= 4 is 38.8 Å². The Labute approximate surface area is 183 Å². The lowest BCUT2D eigenvalue weighted by molar-refractivity contribution is 0.102. The maximum atomic E-state index is 12.7. The predicted molar refractivity (Wildman–Crippen MR) is 123 cm³/mol. The Morgan fingerprint density at radius 2 is 2.00 bits per heavy atom. The number of rotatable bonds is 5. The number of aromatic nitrogens is 3. The Morgan fingerprint density at radius 1 is 1.10 bits per heavy atom. The summed E-state index contributed by atoms with van der Waals surface area (Å²) in [7, 11) is 0. The van der Waals surface area contributed by atoms with Crippen molar-refractivity contribution in [1.82, 2.24) is 14.4 Å². The molecule has 1 amide bonds. The minimum atomic E-state index is -0.186. The minimum Gasteiger partial charge on any atom is -0.487 e. The molecule has 5 aromatic rings. The van der Waals surface area contributed by atoms with Crippen molar-refractivity contribution in [2.45, 2.75) is 20.5 Å². The number of aryl methyl sites for hydroxylation is 2. The van der Waals surface area contributed by atoms with Crippen molar-refractivity contribution in [1.29, 1.82) is 0 Å². The Hall–Kier alpha value is -3.71. The van der Waals surface area contributed by atoms with Crippen LogP contribution in [0.2, 0.25) is 0 Å². The van der Waals surface area contributed by atoms with E-state index in [1.807, 2.05) is 73.1 Å². The fraction of sp³-hybridized carbons (Fsp3) is 0.125. The lowest BCUT2D eigenvalue weighted by Gasteiger charge is -2.08. The number of thiazole rings is 1. The first-order valence-electron chi connectivity index (χ1n) is 9.90. The molecule has 0 saturated heterocycles. The molecule has 0 aliphatic rings. The van der Waals surface area contributed by atoms with Crippen LogP contribution in [-0.2, 0) is 6.61 Å². The third kappa shape index (κ3) is 4.00. The number of pyridine rings is 1. The molecule has 0 fully saturated rings. The van der Waals surface area contributed by atoms with Gasteiger partial charge in [0.15, 0.2) is 0 Å². The highest BCUT2D eigenvalue weighted by molar-refractivity contribution is 7.18. The molecule has 5 rings (SSSR count). The number of hydrogen-bond acceptors (Lipinski definition) is 5. The normalized spacial score (nSPS) is 11.2. The first-order chi connectivity index (χ1) is 15.0. The zero-order valence-corrected chi connectivity index (χ0v) is 17.9. The van der Waals surface area contributed by atoms with E-state index >= 15 is 0 Å². The van der Waals surface area contributed by atoms with Gasteiger partial charge in [0.05, 0.1) is 20.9 Å². The minimum absolute atomic E-state index is 0.186. The standard InChI is InChI=1S/C24H20N4O2S/c1-15-5-4-10-28-13-19(26-23(15)28)14-30-20-7-3-6-17(11-20)24(29)27-18-8-9-21-22(12-18)31-16(2)25-21/h3-13H,14H2,1-2H3,(H,27,29). The second-order valence-corrected chi connectivity index (χ2v) is 8.58. The molecule has 0 atom stereocenters. The topological polar surface area (TPSA) is 68.5 Å². The van der Waals surface area contributed by atoms with Crippen molar-refractivity contribution in [2.24, 2.45) is 0 Å². The number of fused-ring (bicyclic) bond motifs is 2. The van der Waals surface area contributed by atoms with Crippen LogP contribution in [0.1, 0.15) is 26.6 Å². The summed E-state index contributed by atoms with van der Waals surface area (Å²) in [5.74, 6) is 0.435. The van der Waals surface area contributed by atoms with E-state index in [-0.39, 0.29) is 5.91 Å². The highest BCUT2D eigenvalue weighted by atomic mass is 32.1. The van der Waals surface area contributed by atoms with Gasteiger partial charge in [0.2, 0.25) is 0 Å². The molecule has 7 heteroatoms. The summed E-state index contributed by atoms with van der Waals surface area (Å²) in [5.41, 5.74) is 5.08. The van der Waals surface area contributed by atoms with E-state index in [1.54, 1.807) is 23.5 Å². The van der Waals surface area contributed by atoms with Crippen molar-refractivity contribution in [3.05, 3.63) is 88.8 Å². The van der Waals surface area contributed by atoms with Gasteiger partial charge in [0.1, 0.15) is 18.0 Å². The molecule has 0 saturated carbocycles. The zero-order chi connectivity index (χ0) is 21.4. The van der Waals surface area contributed by atoms with Gasteiger partial charge in [-0.1, -0.05) is 12.1 Å². The molecular weight excluding hydrogens is 408 g/mol. The summed E-state index contributed by atoms with van der Waals surface area (Å²) >= 11 is 1.61. The van der Waals surface area contributed by atoms with E-state index < -0.39 is 0 Å². The van der Waals surface area contributed by atoms with Gasteiger partial charge in [-0.05, 0) is 61.9 Å². The number of hydrogen-bond donors (Lipinski definition) is 1. The molecule has 1 N–H and O–H groups in total. The van der Waals surface area contributed by atoms with Gasteiger partial charge in [-0.25, -0.2) is 9.97 Å². The lowest BCUT2D eigenvalue weighted by atomic mass is 10.2. The number of imidazole rings is 1. The molecule has 0 unspecified atom stereocenters. The van der Waals surface area contributed by atoms with Gasteiger partial charge < -0.3 is 14.5 Å². The molecule has 31 heavy (non-hydrogen) atoms. The van der Waals surface area contributed by atoms with E-state index in [2.05, 4.69) is 15.3 Å². The summed E-state index contributed by atoms with van der Waals surface area (Å²) in [6.45, 7) is 4.33. The molecule has 0 aliphatic heterocycles. The summed E-state index contributed by atoms with van der Waals surface area (Å²) in [6.07, 6.45) is 3.92. The van der Waals surface area contributed by atoms with Gasteiger partial charge in [0, 0.05) is 23.6 Å². The highest BCUT2D eigenvalue weighted by Crippen LogP contribution is 2.25. The van der Waals surface area contributed by atoms with Crippen LogP contribution in [0.5, 0.6) is 5.75 Å². The van der Waals surface area contributed by atoms with Crippen LogP contribution in [-0.4, -0.2) is 20.3 Å². The molecule has 154 valence electrons. The lowest BCUT2D eigenvalue weighted by Crippen LogP contribution is -2.11. The summed E-state index contributed by atoms with van der Waals surface area (Å²) < 4.78 is 8.94. The summed E-state index contributed by atoms with van der Waals surface area (Å²) in [6, 6.07) is 16.9. The number of benzene rings is 2. The largest absolute Gasteiger partial charge is 0.487 e. The quantitative estimate of drug-likeness (QED) is 0.407. The van der Waals surface area contributed by atoms with Crippen molar-refractivity contribution < 1.29 is 9.53 Å². The molecule has 0 aliphatic carbocycles. The van der Waals surface area contributed by atoms with Crippen LogP contribution in [0.4, 0.5) is 5.69 Å². The average Bonchev–Trinajstić information content (AvgIpc) is 3.35. The second kappa shape index (κ2) is 7.85. The molecule has 6 nitrogen and oxygen atoms in total. The number of ether oxygens (including phenoxy) is 1. The van der Waals surface area contributed by atoms with E-state index in [9.17, 15) is 4.79 Å². The monoisotopic (exact) mass is 428 g/mol. The Balaban J connectivity index is 1.29. The fourth-order valence-electron chi connectivity index (χ4n) is 3.48. The maximum absolute atomic E-state index is 12.7. The number of amides is 1. The van der Waals surface area contributed by atoms with Crippen molar-refractivity contribution in [2.75, 3.05) is 5.32 Å². The zero-order valence-electron chi connectivity index (χ0n) is 17.1. The number of nitrogens with zero attached hydrogens (tertiary/aromatic N) is 3. The van der Waals surface area contributed by atoms with E-state index in [4.69, 9.17) is 4.74 Å². The molecule has 0 radical (unpaired) electrons. The molecule has 0 spiro atoms. The Morgan fingerprint density at radius 3 is 2.87 bits per heavy atom. The van der Waals surface area contributed by atoms with Crippen molar-refractivity contribution in [3.63, 3.8) is 0 Å². The van der Waals surface area contributed by atoms with Gasteiger partial charge in [0.25, 0.3) is 5.91 Å². The number of carbonyl (C=O) groups is 1. The second-order valence-electron chi connectivity index (χ2n) is 7.34. The number of carbonyl (C=O) groups excluding carboxylic acids is 1. The third-order valence-corrected chi connectivity index (χ3v) is 5.90. The first-order valence-corrected chi connectivity index (χ1v) is 10.7. The van der Waals surface area contributed by atoms with Crippen LogP contribution in [0.3, 0.4) is 0 Å². The van der Waals surface area contributed by atoms with Crippen molar-refractivity contribution in [3.8, 4) is 5.75 Å². The van der Waals surface area contributed by atoms with Crippen LogP contribution >= 0.6 is 11.3 Å². The van der Waals surface area contributed by atoms with Gasteiger partial charge in [-0.2, -0.15) is 0 Å². The summed E-state index contributed by atoms with van der Waals surface area (Å²) in [4.78, 5) is 21.8. The Kier molecular flexibility index (Phi) is 4.88. The molecular formula is C24H20N4O2S. The Bertz CT molecular complexity index is 1420. The molecule has 2 aromatic carbocycles. The average molecular weight is 429 g/mol. The van der Waals surface area contributed by atoms with Crippen LogP contribution in [0, 0.1) is 13.8 Å². The van der Waals surface area contributed by atoms with Crippen LogP contribution < -0.4 is 10.1 Å². The third-order valence-electron chi connectivity index (χ3n) is 4.96. The van der Waals surface area contributed by atoms with Crippen LogP contribution in [0.25, 0.3) is 15.9 Å². The number of nitrogens with one attached hydrogen (secondary N) is 1. The SMILES string of the molecule is Cc1nc2ccc(NC(=O)c3cccc(OCc4cn5cccc(C)c5n4)c3)cc2s1. The van der Waals surface area contributed by atoms with E-state index in [0.717, 1.165) is 37.8 Å².